The molecule has 4 rings (SSSR count). The van der Waals surface area contributed by atoms with Gasteiger partial charge in [-0.05, 0) is 36.2 Å². The fraction of sp³-hybridized carbons (Fsp3) is 0.438. The van der Waals surface area contributed by atoms with E-state index in [1.54, 1.807) is 63.9 Å². The van der Waals surface area contributed by atoms with Crippen molar-refractivity contribution >= 4 is 17.6 Å². The second kappa shape index (κ2) is 16.4. The molecule has 12 heteroatoms. The second-order valence-corrected chi connectivity index (χ2v) is 10.2. The van der Waals surface area contributed by atoms with E-state index in [-0.39, 0.29) is 19.0 Å². The number of ether oxygens (including phenoxy) is 5. The monoisotopic (exact) mass is 610 g/mol. The van der Waals surface area contributed by atoms with Crippen LogP contribution in [0.3, 0.4) is 0 Å². The third-order valence-electron chi connectivity index (χ3n) is 7.40. The van der Waals surface area contributed by atoms with Crippen LogP contribution in [-0.2, 0) is 22.5 Å². The summed E-state index contributed by atoms with van der Waals surface area (Å²) in [4.78, 5) is 33.0. The number of hydrogen-bond donors (Lipinski definition) is 1. The molecule has 1 saturated heterocycles. The summed E-state index contributed by atoms with van der Waals surface area (Å²) in [6.07, 6.45) is 2.15. The third-order valence-corrected chi connectivity index (χ3v) is 7.40. The predicted octanol–water partition coefficient (Wildman–Crippen LogP) is 3.75. The highest BCUT2D eigenvalue weighted by atomic mass is 16.5. The summed E-state index contributed by atoms with van der Waals surface area (Å²) in [5.41, 5.74) is 1.48. The number of rotatable bonds is 15. The lowest BCUT2D eigenvalue weighted by atomic mass is 10.1. The fourth-order valence-corrected chi connectivity index (χ4v) is 4.87. The number of methoxy groups -OCH3 is 4. The van der Waals surface area contributed by atoms with Gasteiger partial charge in [-0.1, -0.05) is 6.07 Å². The van der Waals surface area contributed by atoms with Crippen LogP contribution in [0.4, 0.5) is 10.5 Å². The molecule has 1 aromatic heterocycles. The van der Waals surface area contributed by atoms with Gasteiger partial charge in [0.15, 0.2) is 11.5 Å². The molecule has 0 saturated carbocycles. The van der Waals surface area contributed by atoms with E-state index in [0.717, 1.165) is 18.7 Å². The molecule has 44 heavy (non-hydrogen) atoms. The lowest BCUT2D eigenvalue weighted by molar-refractivity contribution is -0.132. The topological polar surface area (TPSA) is 115 Å². The normalized spacial score (nSPS) is 13.2. The maximum absolute atomic E-state index is 13.9. The second-order valence-electron chi connectivity index (χ2n) is 10.2. The molecule has 2 aromatic carbocycles. The van der Waals surface area contributed by atoms with Crippen molar-refractivity contribution in [3.05, 3.63) is 66.1 Å². The average molecular weight is 611 g/mol. The largest absolute Gasteiger partial charge is 0.497 e. The van der Waals surface area contributed by atoms with Crippen molar-refractivity contribution in [3.8, 4) is 23.0 Å². The molecular weight excluding hydrogens is 568 g/mol. The fourth-order valence-electron chi connectivity index (χ4n) is 4.87. The molecule has 0 bridgehead atoms. The molecule has 0 atom stereocenters. The molecule has 1 N–H and O–H groups in total. The van der Waals surface area contributed by atoms with E-state index in [1.165, 1.54) is 4.90 Å². The van der Waals surface area contributed by atoms with Crippen molar-refractivity contribution in [3.63, 3.8) is 0 Å². The number of nitrogens with one attached hydrogen (secondary N) is 1. The highest BCUT2D eigenvalue weighted by molar-refractivity contribution is 5.92. The Labute approximate surface area is 258 Å². The molecule has 2 heterocycles. The lowest BCUT2D eigenvalue weighted by Crippen LogP contribution is -2.48. The number of anilines is 1. The number of urea groups is 1. The predicted molar refractivity (Wildman–Crippen MR) is 165 cm³/mol. The van der Waals surface area contributed by atoms with Crippen molar-refractivity contribution in [2.24, 2.45) is 0 Å². The smallest absolute Gasteiger partial charge is 0.322 e. The maximum Gasteiger partial charge on any atom is 0.322 e. The number of carbonyl (C=O) groups is 2. The number of morpholine rings is 1. The zero-order valence-corrected chi connectivity index (χ0v) is 25.9. The first kappa shape index (κ1) is 32.5. The van der Waals surface area contributed by atoms with Gasteiger partial charge in [-0.3, -0.25) is 9.69 Å². The van der Waals surface area contributed by atoms with Gasteiger partial charge in [0.05, 0.1) is 54.5 Å². The van der Waals surface area contributed by atoms with Gasteiger partial charge in [0.2, 0.25) is 5.91 Å². The number of benzene rings is 2. The Morgan fingerprint density at radius 2 is 1.59 bits per heavy atom. The molecular formula is C32H42N4O8. The van der Waals surface area contributed by atoms with Gasteiger partial charge in [0, 0.05) is 56.6 Å². The van der Waals surface area contributed by atoms with E-state index in [9.17, 15) is 9.59 Å². The van der Waals surface area contributed by atoms with Gasteiger partial charge in [-0.2, -0.15) is 0 Å². The van der Waals surface area contributed by atoms with E-state index in [0.29, 0.717) is 73.7 Å². The van der Waals surface area contributed by atoms with Crippen LogP contribution in [-0.4, -0.2) is 108 Å². The summed E-state index contributed by atoms with van der Waals surface area (Å²) in [5.74, 6) is 2.77. The Hall–Kier alpha value is -4.42. The minimum absolute atomic E-state index is 0.121. The van der Waals surface area contributed by atoms with Crippen molar-refractivity contribution in [2.45, 2.75) is 13.0 Å². The molecule has 238 valence electrons. The SMILES string of the molecule is COc1cc(NC(=O)N(CCN2CCOCC2)CC(=O)N(CCc2ccc(OC)c(OC)c2)Cc2ccco2)cc(OC)c1. The van der Waals surface area contributed by atoms with Crippen LogP contribution in [0.1, 0.15) is 11.3 Å². The Kier molecular flexibility index (Phi) is 12.1. The van der Waals surface area contributed by atoms with Gasteiger partial charge in [0.25, 0.3) is 0 Å². The van der Waals surface area contributed by atoms with E-state index < -0.39 is 6.03 Å². The Bertz CT molecular complexity index is 1320. The minimum Gasteiger partial charge on any atom is -0.497 e. The molecule has 0 aliphatic carbocycles. The van der Waals surface area contributed by atoms with Gasteiger partial charge < -0.3 is 43.2 Å². The van der Waals surface area contributed by atoms with Crippen LogP contribution in [0.25, 0.3) is 0 Å². The average Bonchev–Trinajstić information content (AvgIpc) is 3.58. The van der Waals surface area contributed by atoms with Crippen molar-refractivity contribution in [2.75, 3.05) is 86.2 Å². The van der Waals surface area contributed by atoms with Crippen LogP contribution in [0.2, 0.25) is 0 Å². The maximum atomic E-state index is 13.9. The van der Waals surface area contributed by atoms with Crippen LogP contribution < -0.4 is 24.3 Å². The van der Waals surface area contributed by atoms with Crippen LogP contribution in [0.15, 0.2) is 59.2 Å². The number of furan rings is 1. The molecule has 12 nitrogen and oxygen atoms in total. The number of nitrogens with zero attached hydrogens (tertiary/aromatic N) is 3. The number of amides is 3. The highest BCUT2D eigenvalue weighted by Crippen LogP contribution is 2.28. The molecule has 3 amide bonds. The van der Waals surface area contributed by atoms with Crippen molar-refractivity contribution < 1.29 is 37.7 Å². The summed E-state index contributed by atoms with van der Waals surface area (Å²) in [5, 5.41) is 2.92. The molecule has 1 aliphatic rings. The van der Waals surface area contributed by atoms with E-state index in [1.807, 2.05) is 24.3 Å². The Morgan fingerprint density at radius 3 is 2.23 bits per heavy atom. The lowest BCUT2D eigenvalue weighted by Gasteiger charge is -2.31. The van der Waals surface area contributed by atoms with Gasteiger partial charge in [-0.25, -0.2) is 4.79 Å². The highest BCUT2D eigenvalue weighted by Gasteiger charge is 2.24. The summed E-state index contributed by atoms with van der Waals surface area (Å²) < 4.78 is 32.6. The number of hydrogen-bond acceptors (Lipinski definition) is 9. The first-order chi connectivity index (χ1) is 21.4. The van der Waals surface area contributed by atoms with Gasteiger partial charge in [-0.15, -0.1) is 0 Å². The van der Waals surface area contributed by atoms with E-state index in [4.69, 9.17) is 28.1 Å². The van der Waals surface area contributed by atoms with Gasteiger partial charge in [0.1, 0.15) is 23.8 Å². The Balaban J connectivity index is 1.51. The third kappa shape index (κ3) is 9.29. The standard InChI is InChI=1S/C32H42N4O8/c1-39-27-19-25(20-28(21-27)40-2)33-32(38)36(12-11-34-13-16-43-17-14-34)23-31(37)35(22-26-6-5-15-44-26)10-9-24-7-8-29(41-3)30(18-24)42-4/h5-8,15,18-21H,9-14,16-17,22-23H2,1-4H3,(H,33,38). The van der Waals surface area contributed by atoms with Crippen LogP contribution >= 0.6 is 0 Å². The zero-order chi connectivity index (χ0) is 31.3. The quantitative estimate of drug-likeness (QED) is 0.275. The van der Waals surface area contributed by atoms with Crippen molar-refractivity contribution in [1.82, 2.24) is 14.7 Å². The molecule has 0 radical (unpaired) electrons. The summed E-state index contributed by atoms with van der Waals surface area (Å²) >= 11 is 0. The summed E-state index contributed by atoms with van der Waals surface area (Å²) in [6, 6.07) is 14.0. The van der Waals surface area contributed by atoms with Gasteiger partial charge >= 0.3 is 6.03 Å². The molecule has 1 fully saturated rings. The van der Waals surface area contributed by atoms with Crippen LogP contribution in [0, 0.1) is 0 Å². The van der Waals surface area contributed by atoms with E-state index in [2.05, 4.69) is 10.2 Å². The molecule has 0 unspecified atom stereocenters. The van der Waals surface area contributed by atoms with Crippen molar-refractivity contribution in [1.29, 1.82) is 0 Å². The molecule has 0 spiro atoms. The first-order valence-electron chi connectivity index (χ1n) is 14.5. The Morgan fingerprint density at radius 1 is 0.864 bits per heavy atom. The molecule has 3 aromatic rings. The summed E-state index contributed by atoms with van der Waals surface area (Å²) in [7, 11) is 6.27. The number of carbonyl (C=O) groups excluding carboxylic acids is 2. The molecule has 1 aliphatic heterocycles. The first-order valence-corrected chi connectivity index (χ1v) is 14.5. The zero-order valence-electron chi connectivity index (χ0n) is 25.9. The van der Waals surface area contributed by atoms with E-state index >= 15 is 0 Å². The minimum atomic E-state index is -0.403. The summed E-state index contributed by atoms with van der Waals surface area (Å²) in [6.45, 7) is 4.33. The van der Waals surface area contributed by atoms with Crippen LogP contribution in [0.5, 0.6) is 23.0 Å².